The molecule has 0 aromatic heterocycles. The SMILES string of the molecule is COc1ccccc1/C=N/N=C1\NC(=O)C(Cc2ccc(Br)cc2)S1. The lowest BCUT2D eigenvalue weighted by Crippen LogP contribution is -2.25. The predicted molar refractivity (Wildman–Crippen MR) is 105 cm³/mol. The Morgan fingerprint density at radius 2 is 2.00 bits per heavy atom. The number of amides is 1. The molecule has 2 aromatic carbocycles. The van der Waals surface area contributed by atoms with E-state index >= 15 is 0 Å². The maximum atomic E-state index is 12.1. The van der Waals surface area contributed by atoms with Gasteiger partial charge in [0, 0.05) is 10.0 Å². The van der Waals surface area contributed by atoms with Crippen LogP contribution >= 0.6 is 27.7 Å². The van der Waals surface area contributed by atoms with Crippen LogP contribution in [0, 0.1) is 0 Å². The Morgan fingerprint density at radius 1 is 1.24 bits per heavy atom. The third-order valence-corrected chi connectivity index (χ3v) is 5.20. The summed E-state index contributed by atoms with van der Waals surface area (Å²) in [7, 11) is 1.61. The van der Waals surface area contributed by atoms with Crippen molar-refractivity contribution in [3.63, 3.8) is 0 Å². The highest BCUT2D eigenvalue weighted by atomic mass is 79.9. The van der Waals surface area contributed by atoms with Crippen molar-refractivity contribution in [1.29, 1.82) is 0 Å². The number of hydrogen-bond donors (Lipinski definition) is 1. The van der Waals surface area contributed by atoms with Crippen LogP contribution in [-0.2, 0) is 11.2 Å². The minimum atomic E-state index is -0.193. The zero-order chi connectivity index (χ0) is 17.6. The van der Waals surface area contributed by atoms with Gasteiger partial charge in [0.1, 0.15) is 5.75 Å². The molecule has 1 aliphatic heterocycles. The first-order valence-corrected chi connectivity index (χ1v) is 9.29. The van der Waals surface area contributed by atoms with Gasteiger partial charge in [-0.05, 0) is 36.2 Å². The molecule has 3 rings (SSSR count). The van der Waals surface area contributed by atoms with Crippen molar-refractivity contribution < 1.29 is 9.53 Å². The van der Waals surface area contributed by atoms with Crippen LogP contribution in [0.4, 0.5) is 0 Å². The number of carbonyl (C=O) groups excluding carboxylic acids is 1. The number of para-hydroxylation sites is 1. The van der Waals surface area contributed by atoms with E-state index in [1.807, 2.05) is 48.5 Å². The summed E-state index contributed by atoms with van der Waals surface area (Å²) < 4.78 is 6.28. The molecule has 0 aliphatic carbocycles. The highest BCUT2D eigenvalue weighted by Crippen LogP contribution is 2.24. The van der Waals surface area contributed by atoms with Gasteiger partial charge in [0.2, 0.25) is 5.91 Å². The molecule has 5 nitrogen and oxygen atoms in total. The van der Waals surface area contributed by atoms with Gasteiger partial charge >= 0.3 is 0 Å². The van der Waals surface area contributed by atoms with Gasteiger partial charge in [0.05, 0.1) is 18.6 Å². The number of thioether (sulfide) groups is 1. The fraction of sp³-hybridized carbons (Fsp3) is 0.167. The normalized spacial score (nSPS) is 18.7. The van der Waals surface area contributed by atoms with Crippen molar-refractivity contribution in [2.45, 2.75) is 11.7 Å². The number of amidine groups is 1. The zero-order valence-electron chi connectivity index (χ0n) is 13.5. The first kappa shape index (κ1) is 17.7. The van der Waals surface area contributed by atoms with Crippen molar-refractivity contribution in [3.8, 4) is 5.75 Å². The van der Waals surface area contributed by atoms with E-state index in [9.17, 15) is 4.79 Å². The van der Waals surface area contributed by atoms with Crippen LogP contribution in [0.3, 0.4) is 0 Å². The number of ether oxygens (including phenoxy) is 1. The molecule has 1 aliphatic rings. The summed E-state index contributed by atoms with van der Waals surface area (Å²) in [6.45, 7) is 0. The summed E-state index contributed by atoms with van der Waals surface area (Å²) in [5.41, 5.74) is 1.93. The summed E-state index contributed by atoms with van der Waals surface area (Å²) >= 11 is 4.80. The Labute approximate surface area is 158 Å². The fourth-order valence-electron chi connectivity index (χ4n) is 2.34. The van der Waals surface area contributed by atoms with E-state index in [4.69, 9.17) is 4.74 Å². The Balaban J connectivity index is 1.64. The monoisotopic (exact) mass is 417 g/mol. The average Bonchev–Trinajstić information content (AvgIpc) is 2.97. The zero-order valence-corrected chi connectivity index (χ0v) is 15.9. The van der Waals surface area contributed by atoms with Crippen molar-refractivity contribution in [3.05, 3.63) is 64.1 Å². The Kier molecular flexibility index (Phi) is 5.88. The fourth-order valence-corrected chi connectivity index (χ4v) is 3.57. The third-order valence-electron chi connectivity index (χ3n) is 3.60. The van der Waals surface area contributed by atoms with Gasteiger partial charge < -0.3 is 10.1 Å². The Hall–Kier alpha value is -2.12. The maximum Gasteiger partial charge on any atom is 0.239 e. The summed E-state index contributed by atoms with van der Waals surface area (Å²) in [6, 6.07) is 15.5. The van der Waals surface area contributed by atoms with Crippen LogP contribution in [0.2, 0.25) is 0 Å². The second kappa shape index (κ2) is 8.31. The molecule has 128 valence electrons. The largest absolute Gasteiger partial charge is 0.496 e. The van der Waals surface area contributed by atoms with E-state index in [-0.39, 0.29) is 11.2 Å². The molecule has 2 aromatic rings. The van der Waals surface area contributed by atoms with E-state index in [0.717, 1.165) is 21.3 Å². The number of methoxy groups -OCH3 is 1. The molecule has 1 atom stereocenters. The minimum absolute atomic E-state index is 0.0424. The van der Waals surface area contributed by atoms with Crippen LogP contribution in [-0.4, -0.2) is 29.6 Å². The van der Waals surface area contributed by atoms with Crippen LogP contribution in [0.15, 0.2) is 63.2 Å². The van der Waals surface area contributed by atoms with Gasteiger partial charge in [-0.1, -0.05) is 52.0 Å². The van der Waals surface area contributed by atoms with E-state index in [1.165, 1.54) is 11.8 Å². The molecule has 1 heterocycles. The van der Waals surface area contributed by atoms with Crippen LogP contribution in [0.25, 0.3) is 0 Å². The molecule has 0 bridgehead atoms. The lowest BCUT2D eigenvalue weighted by atomic mass is 10.1. The molecule has 0 saturated carbocycles. The first-order valence-electron chi connectivity index (χ1n) is 7.61. The molecule has 1 saturated heterocycles. The summed E-state index contributed by atoms with van der Waals surface area (Å²) in [4.78, 5) is 12.1. The molecule has 25 heavy (non-hydrogen) atoms. The molecular weight excluding hydrogens is 402 g/mol. The number of rotatable bonds is 5. The van der Waals surface area contributed by atoms with Crippen molar-refractivity contribution in [1.82, 2.24) is 5.32 Å². The van der Waals surface area contributed by atoms with E-state index in [1.54, 1.807) is 13.3 Å². The summed E-state index contributed by atoms with van der Waals surface area (Å²) in [5, 5.41) is 11.3. The van der Waals surface area contributed by atoms with Gasteiger partial charge in [-0.25, -0.2) is 0 Å². The Bertz CT molecular complexity index is 821. The number of nitrogens with one attached hydrogen (secondary N) is 1. The number of hydrogen-bond acceptors (Lipinski definition) is 5. The highest BCUT2D eigenvalue weighted by Gasteiger charge is 2.30. The highest BCUT2D eigenvalue weighted by molar-refractivity contribution is 9.10. The second-order valence-corrected chi connectivity index (χ2v) is 7.43. The third kappa shape index (κ3) is 4.70. The first-order chi connectivity index (χ1) is 12.2. The lowest BCUT2D eigenvalue weighted by Gasteiger charge is -2.05. The van der Waals surface area contributed by atoms with E-state index < -0.39 is 0 Å². The number of halogens is 1. The standard InChI is InChI=1S/C18H16BrN3O2S/c1-24-15-5-3-2-4-13(15)11-20-22-18-21-17(23)16(25-18)10-12-6-8-14(19)9-7-12/h2-9,11,16H,10H2,1H3,(H,21,22,23)/b20-11+. The van der Waals surface area contributed by atoms with Crippen LogP contribution < -0.4 is 10.1 Å². The van der Waals surface area contributed by atoms with E-state index in [0.29, 0.717) is 11.6 Å². The van der Waals surface area contributed by atoms with Crippen molar-refractivity contribution in [2.75, 3.05) is 7.11 Å². The lowest BCUT2D eigenvalue weighted by molar-refractivity contribution is -0.118. The summed E-state index contributed by atoms with van der Waals surface area (Å²) in [5.74, 6) is 0.682. The molecule has 1 unspecified atom stereocenters. The van der Waals surface area contributed by atoms with Gasteiger partial charge in [-0.3, -0.25) is 4.79 Å². The van der Waals surface area contributed by atoms with Gasteiger partial charge in [-0.15, -0.1) is 5.10 Å². The molecule has 0 spiro atoms. The number of benzene rings is 2. The smallest absolute Gasteiger partial charge is 0.239 e. The number of nitrogens with zero attached hydrogens (tertiary/aromatic N) is 2. The minimum Gasteiger partial charge on any atom is -0.496 e. The van der Waals surface area contributed by atoms with Crippen molar-refractivity contribution in [2.24, 2.45) is 10.2 Å². The molecule has 0 radical (unpaired) electrons. The predicted octanol–water partition coefficient (Wildman–Crippen LogP) is 3.62. The summed E-state index contributed by atoms with van der Waals surface area (Å²) in [6.07, 6.45) is 2.26. The molecule has 1 N–H and O–H groups in total. The molecule has 1 fully saturated rings. The van der Waals surface area contributed by atoms with Gasteiger partial charge in [-0.2, -0.15) is 5.10 Å². The quantitative estimate of drug-likeness (QED) is 0.596. The molecular formula is C18H16BrN3O2S. The van der Waals surface area contributed by atoms with Gasteiger partial charge in [0.25, 0.3) is 0 Å². The Morgan fingerprint density at radius 3 is 2.76 bits per heavy atom. The average molecular weight is 418 g/mol. The van der Waals surface area contributed by atoms with Crippen LogP contribution in [0.5, 0.6) is 5.75 Å². The van der Waals surface area contributed by atoms with Crippen LogP contribution in [0.1, 0.15) is 11.1 Å². The maximum absolute atomic E-state index is 12.1. The van der Waals surface area contributed by atoms with E-state index in [2.05, 4.69) is 31.4 Å². The second-order valence-electron chi connectivity index (χ2n) is 5.32. The molecule has 7 heteroatoms. The number of carbonyl (C=O) groups is 1. The molecule has 1 amide bonds. The van der Waals surface area contributed by atoms with Crippen molar-refractivity contribution >= 4 is 45.0 Å². The topological polar surface area (TPSA) is 63.1 Å². The van der Waals surface area contributed by atoms with Gasteiger partial charge in [0.15, 0.2) is 5.17 Å².